The predicted octanol–water partition coefficient (Wildman–Crippen LogP) is 2.02. The van der Waals surface area contributed by atoms with Gasteiger partial charge in [0, 0.05) is 11.3 Å². The van der Waals surface area contributed by atoms with Crippen LogP contribution in [-0.2, 0) is 9.59 Å². The van der Waals surface area contributed by atoms with Crippen molar-refractivity contribution in [2.45, 2.75) is 27.7 Å². The number of amides is 2. The smallest absolute Gasteiger partial charge is 0.263 e. The number of nitrogens with zero attached hydrogens (tertiary/aromatic N) is 2. The molecule has 128 valence electrons. The highest BCUT2D eigenvalue weighted by molar-refractivity contribution is 7.80. The summed E-state index contributed by atoms with van der Waals surface area (Å²) in [5.41, 5.74) is 5.59. The predicted molar refractivity (Wildman–Crippen MR) is 99.4 cm³/mol. The first-order valence-electron chi connectivity index (χ1n) is 7.80. The number of carbonyl (C=O) groups is 2. The van der Waals surface area contributed by atoms with Crippen molar-refractivity contribution in [3.8, 4) is 5.69 Å². The maximum absolute atomic E-state index is 12.1. The standard InChI is InChI=1S/C18H18N4O2S/c1-9-5-6-15(10(2)7-9)22-12(4)13(11(3)21-22)8-14-16(23)19-18(25)20-17(14)24/h5-8H,1-4H3,(H2,19,20,23,24,25). The van der Waals surface area contributed by atoms with Crippen molar-refractivity contribution in [2.75, 3.05) is 0 Å². The van der Waals surface area contributed by atoms with Crippen LogP contribution in [0.25, 0.3) is 11.8 Å². The summed E-state index contributed by atoms with van der Waals surface area (Å²) in [4.78, 5) is 24.1. The van der Waals surface area contributed by atoms with E-state index in [-0.39, 0.29) is 10.7 Å². The number of carbonyl (C=O) groups excluding carboxylic acids is 2. The molecule has 3 rings (SSSR count). The molecule has 2 heterocycles. The Balaban J connectivity index is 2.09. The number of hydrogen-bond acceptors (Lipinski definition) is 4. The van der Waals surface area contributed by atoms with E-state index in [2.05, 4.69) is 21.8 Å². The summed E-state index contributed by atoms with van der Waals surface area (Å²) < 4.78 is 1.83. The molecule has 2 amide bonds. The minimum Gasteiger partial charge on any atom is -0.299 e. The Morgan fingerprint density at radius 1 is 1.08 bits per heavy atom. The van der Waals surface area contributed by atoms with E-state index >= 15 is 0 Å². The monoisotopic (exact) mass is 354 g/mol. The van der Waals surface area contributed by atoms with Gasteiger partial charge in [0.1, 0.15) is 5.57 Å². The SMILES string of the molecule is Cc1ccc(-n2nc(C)c(C=C3C(=O)NC(=S)NC3=O)c2C)c(C)c1. The van der Waals surface area contributed by atoms with Gasteiger partial charge in [0.05, 0.1) is 11.4 Å². The van der Waals surface area contributed by atoms with Crippen LogP contribution < -0.4 is 10.6 Å². The van der Waals surface area contributed by atoms with Crippen LogP contribution in [0.3, 0.4) is 0 Å². The second-order valence-corrected chi connectivity index (χ2v) is 6.49. The molecule has 0 bridgehead atoms. The van der Waals surface area contributed by atoms with E-state index < -0.39 is 11.8 Å². The molecule has 1 aliphatic rings. The second kappa shape index (κ2) is 6.25. The zero-order valence-electron chi connectivity index (χ0n) is 14.4. The third kappa shape index (κ3) is 3.10. The fraction of sp³-hybridized carbons (Fsp3) is 0.222. The first-order valence-corrected chi connectivity index (χ1v) is 8.21. The fourth-order valence-corrected chi connectivity index (χ4v) is 3.08. The Hall–Kier alpha value is -2.80. The average Bonchev–Trinajstić information content (AvgIpc) is 2.78. The van der Waals surface area contributed by atoms with Gasteiger partial charge in [-0.2, -0.15) is 5.10 Å². The molecule has 2 aromatic rings. The molecule has 0 radical (unpaired) electrons. The summed E-state index contributed by atoms with van der Waals surface area (Å²) in [6.07, 6.45) is 1.56. The molecule has 0 unspecified atom stereocenters. The molecule has 1 aromatic heterocycles. The van der Waals surface area contributed by atoms with E-state index in [1.165, 1.54) is 5.56 Å². The normalized spacial score (nSPS) is 14.4. The number of nitrogens with one attached hydrogen (secondary N) is 2. The molecular weight excluding hydrogens is 336 g/mol. The van der Waals surface area contributed by atoms with Gasteiger partial charge >= 0.3 is 0 Å². The van der Waals surface area contributed by atoms with Gasteiger partial charge in [-0.25, -0.2) is 4.68 Å². The topological polar surface area (TPSA) is 76.0 Å². The van der Waals surface area contributed by atoms with Crippen LogP contribution in [0.4, 0.5) is 0 Å². The van der Waals surface area contributed by atoms with Crippen LogP contribution in [0.2, 0.25) is 0 Å². The van der Waals surface area contributed by atoms with Crippen molar-refractivity contribution in [2.24, 2.45) is 0 Å². The van der Waals surface area contributed by atoms with Crippen molar-refractivity contribution in [1.82, 2.24) is 20.4 Å². The molecule has 25 heavy (non-hydrogen) atoms. The fourth-order valence-electron chi connectivity index (χ4n) is 2.89. The zero-order valence-corrected chi connectivity index (χ0v) is 15.2. The summed E-state index contributed by atoms with van der Waals surface area (Å²) in [7, 11) is 0. The number of aryl methyl sites for hydroxylation is 3. The molecule has 0 atom stereocenters. The van der Waals surface area contributed by atoms with Crippen LogP contribution in [0.15, 0.2) is 23.8 Å². The van der Waals surface area contributed by atoms with Crippen LogP contribution in [0.5, 0.6) is 0 Å². The summed E-state index contributed by atoms with van der Waals surface area (Å²) in [6, 6.07) is 6.13. The lowest BCUT2D eigenvalue weighted by Gasteiger charge is -2.16. The summed E-state index contributed by atoms with van der Waals surface area (Å²) in [5.74, 6) is -1.02. The molecule has 1 saturated heterocycles. The van der Waals surface area contributed by atoms with Gasteiger partial charge in [-0.15, -0.1) is 0 Å². The lowest BCUT2D eigenvalue weighted by atomic mass is 10.1. The summed E-state index contributed by atoms with van der Waals surface area (Å²) >= 11 is 4.81. The molecule has 7 heteroatoms. The number of thiocarbonyl (C=S) groups is 1. The van der Waals surface area contributed by atoms with Crippen LogP contribution in [0, 0.1) is 27.7 Å². The zero-order chi connectivity index (χ0) is 18.3. The van der Waals surface area contributed by atoms with Gasteiger partial charge in [-0.3, -0.25) is 20.2 Å². The molecule has 1 aromatic carbocycles. The minimum absolute atomic E-state index is 0.0139. The highest BCUT2D eigenvalue weighted by Gasteiger charge is 2.26. The Bertz CT molecular complexity index is 934. The summed E-state index contributed by atoms with van der Waals surface area (Å²) in [5, 5.41) is 9.48. The molecule has 0 spiro atoms. The largest absolute Gasteiger partial charge is 0.299 e. The Morgan fingerprint density at radius 2 is 1.72 bits per heavy atom. The molecule has 0 saturated carbocycles. The quantitative estimate of drug-likeness (QED) is 0.491. The maximum Gasteiger partial charge on any atom is 0.263 e. The minimum atomic E-state index is -0.508. The van der Waals surface area contributed by atoms with E-state index in [0.717, 1.165) is 28.2 Å². The number of rotatable bonds is 2. The van der Waals surface area contributed by atoms with Gasteiger partial charge < -0.3 is 0 Å². The van der Waals surface area contributed by atoms with E-state index in [0.29, 0.717) is 0 Å². The molecule has 1 fully saturated rings. The molecule has 6 nitrogen and oxygen atoms in total. The highest BCUT2D eigenvalue weighted by Crippen LogP contribution is 2.23. The third-order valence-electron chi connectivity index (χ3n) is 4.16. The van der Waals surface area contributed by atoms with Crippen molar-refractivity contribution in [3.05, 3.63) is 51.9 Å². The second-order valence-electron chi connectivity index (χ2n) is 6.08. The lowest BCUT2D eigenvalue weighted by molar-refractivity contribution is -0.123. The third-order valence-corrected chi connectivity index (χ3v) is 4.36. The van der Waals surface area contributed by atoms with E-state index in [1.54, 1.807) is 6.08 Å². The van der Waals surface area contributed by atoms with Crippen LogP contribution in [0.1, 0.15) is 28.1 Å². The highest BCUT2D eigenvalue weighted by atomic mass is 32.1. The Kier molecular flexibility index (Phi) is 4.26. The Labute approximate surface area is 150 Å². The van der Waals surface area contributed by atoms with Gasteiger partial charge in [0.2, 0.25) is 0 Å². The van der Waals surface area contributed by atoms with Gasteiger partial charge in [0.15, 0.2) is 5.11 Å². The Morgan fingerprint density at radius 3 is 2.32 bits per heavy atom. The van der Waals surface area contributed by atoms with Crippen molar-refractivity contribution >= 4 is 35.2 Å². The molecule has 2 N–H and O–H groups in total. The van der Waals surface area contributed by atoms with Gasteiger partial charge in [-0.1, -0.05) is 17.7 Å². The van der Waals surface area contributed by atoms with Gasteiger partial charge in [-0.05, 0) is 57.6 Å². The van der Waals surface area contributed by atoms with E-state index in [4.69, 9.17) is 12.2 Å². The van der Waals surface area contributed by atoms with Crippen molar-refractivity contribution in [3.63, 3.8) is 0 Å². The number of hydrogen-bond donors (Lipinski definition) is 2. The lowest BCUT2D eigenvalue weighted by Crippen LogP contribution is -2.51. The van der Waals surface area contributed by atoms with Crippen LogP contribution in [-0.4, -0.2) is 26.7 Å². The molecule has 1 aliphatic heterocycles. The van der Waals surface area contributed by atoms with E-state index in [9.17, 15) is 9.59 Å². The average molecular weight is 354 g/mol. The first kappa shape index (κ1) is 17.0. The first-order chi connectivity index (χ1) is 11.8. The van der Waals surface area contributed by atoms with Crippen molar-refractivity contribution < 1.29 is 9.59 Å². The van der Waals surface area contributed by atoms with Crippen LogP contribution >= 0.6 is 12.2 Å². The molecule has 0 aliphatic carbocycles. The van der Waals surface area contributed by atoms with Gasteiger partial charge in [0.25, 0.3) is 11.8 Å². The van der Waals surface area contributed by atoms with Crippen molar-refractivity contribution in [1.29, 1.82) is 0 Å². The summed E-state index contributed by atoms with van der Waals surface area (Å²) in [6.45, 7) is 7.83. The number of benzene rings is 1. The van der Waals surface area contributed by atoms with E-state index in [1.807, 2.05) is 44.5 Å². The maximum atomic E-state index is 12.1. The number of aromatic nitrogens is 2. The molecular formula is C18H18N4O2S.